The van der Waals surface area contributed by atoms with Crippen LogP contribution >= 0.6 is 22.9 Å². The van der Waals surface area contributed by atoms with Gasteiger partial charge in [-0.3, -0.25) is 4.79 Å². The second-order valence-corrected chi connectivity index (χ2v) is 7.28. The van der Waals surface area contributed by atoms with Gasteiger partial charge in [-0.1, -0.05) is 17.7 Å². The number of rotatable bonds is 4. The maximum absolute atomic E-state index is 13.3. The maximum atomic E-state index is 13.3. The molecule has 7 nitrogen and oxygen atoms in total. The Morgan fingerprint density at radius 1 is 1.37 bits per heavy atom. The van der Waals surface area contributed by atoms with Gasteiger partial charge in [0.15, 0.2) is 4.47 Å². The van der Waals surface area contributed by atoms with Gasteiger partial charge >= 0.3 is 11.8 Å². The number of aromatic nitrogens is 4. The number of nitrogens with one attached hydrogen (secondary N) is 1. The zero-order chi connectivity index (χ0) is 19.0. The van der Waals surface area contributed by atoms with Gasteiger partial charge in [-0.25, -0.2) is 14.4 Å². The SMILES string of the molecule is O=C(Nc1cc(F)ccn1)c1c(O)[n+](Cc2cnc(Cl)s2)c2ccccn12. The normalized spacial score (nSPS) is 11.0. The Labute approximate surface area is 161 Å². The van der Waals surface area contributed by atoms with E-state index in [2.05, 4.69) is 15.3 Å². The fraction of sp³-hybridized carbons (Fsp3) is 0.0588. The van der Waals surface area contributed by atoms with Crippen molar-refractivity contribution in [1.29, 1.82) is 0 Å². The average molecular weight is 405 g/mol. The topological polar surface area (TPSA) is 83.4 Å². The van der Waals surface area contributed by atoms with Gasteiger partial charge in [-0.2, -0.15) is 8.97 Å². The molecule has 0 aliphatic rings. The van der Waals surface area contributed by atoms with Crippen LogP contribution in [0.2, 0.25) is 4.47 Å². The molecule has 0 bridgehead atoms. The maximum Gasteiger partial charge on any atom is 0.337 e. The Kier molecular flexibility index (Phi) is 4.46. The van der Waals surface area contributed by atoms with Crippen molar-refractivity contribution < 1.29 is 18.9 Å². The number of fused-ring (bicyclic) bond motifs is 1. The lowest BCUT2D eigenvalue weighted by Gasteiger charge is -2.01. The monoisotopic (exact) mass is 404 g/mol. The zero-order valence-corrected chi connectivity index (χ0v) is 15.2. The Balaban J connectivity index is 1.76. The molecule has 27 heavy (non-hydrogen) atoms. The largest absolute Gasteiger partial charge is 0.474 e. The Morgan fingerprint density at radius 3 is 2.96 bits per heavy atom. The number of carbonyl (C=O) groups excluding carboxylic acids is 1. The molecule has 0 atom stereocenters. The van der Waals surface area contributed by atoms with E-state index in [0.29, 0.717) is 10.1 Å². The van der Waals surface area contributed by atoms with E-state index in [4.69, 9.17) is 11.6 Å². The van der Waals surface area contributed by atoms with Crippen molar-refractivity contribution in [3.63, 3.8) is 0 Å². The summed E-state index contributed by atoms with van der Waals surface area (Å²) in [5.74, 6) is -1.33. The lowest BCUT2D eigenvalue weighted by molar-refractivity contribution is -0.667. The predicted molar refractivity (Wildman–Crippen MR) is 97.6 cm³/mol. The number of amides is 1. The van der Waals surface area contributed by atoms with E-state index in [-0.39, 0.29) is 23.9 Å². The highest BCUT2D eigenvalue weighted by Crippen LogP contribution is 2.22. The molecule has 2 N–H and O–H groups in total. The molecule has 4 heterocycles. The number of anilines is 1. The molecule has 4 aromatic rings. The lowest BCUT2D eigenvalue weighted by atomic mass is 10.3. The van der Waals surface area contributed by atoms with Gasteiger partial charge in [-0.15, -0.1) is 11.3 Å². The number of imidazole rings is 1. The van der Waals surface area contributed by atoms with Gasteiger partial charge in [0.25, 0.3) is 11.3 Å². The fourth-order valence-corrected chi connectivity index (χ4v) is 3.68. The zero-order valence-electron chi connectivity index (χ0n) is 13.6. The standard InChI is InChI=1S/C17H11ClFN5O2S/c18-17-21-8-11(27-17)9-24-13-3-1-2-6-23(13)14(16(24)26)15(25)22-12-7-10(19)4-5-20-12/h1-8H,9H2,(H-,20,22,25,26)/p+1. The molecule has 0 spiro atoms. The minimum Gasteiger partial charge on any atom is -0.474 e. The van der Waals surface area contributed by atoms with Crippen molar-refractivity contribution in [2.45, 2.75) is 6.54 Å². The fourth-order valence-electron chi connectivity index (χ4n) is 2.72. The summed E-state index contributed by atoms with van der Waals surface area (Å²) in [6, 6.07) is 7.56. The van der Waals surface area contributed by atoms with Crippen LogP contribution in [0.1, 0.15) is 15.4 Å². The molecule has 0 aliphatic carbocycles. The predicted octanol–water partition coefficient (Wildman–Crippen LogP) is 2.88. The summed E-state index contributed by atoms with van der Waals surface area (Å²) in [6.07, 6.45) is 4.51. The van der Waals surface area contributed by atoms with E-state index < -0.39 is 11.7 Å². The van der Waals surface area contributed by atoms with Crippen LogP contribution in [0, 0.1) is 5.82 Å². The first-order chi connectivity index (χ1) is 13.0. The van der Waals surface area contributed by atoms with Crippen molar-refractivity contribution in [3.8, 4) is 5.88 Å². The van der Waals surface area contributed by atoms with E-state index in [1.54, 1.807) is 39.6 Å². The third kappa shape index (κ3) is 3.34. The van der Waals surface area contributed by atoms with E-state index in [1.807, 2.05) is 0 Å². The number of pyridine rings is 2. The number of nitrogens with zero attached hydrogens (tertiary/aromatic N) is 4. The second-order valence-electron chi connectivity index (χ2n) is 5.58. The summed E-state index contributed by atoms with van der Waals surface area (Å²) in [6.45, 7) is 0.287. The molecule has 0 radical (unpaired) electrons. The van der Waals surface area contributed by atoms with Crippen LogP contribution in [0.15, 0.2) is 48.9 Å². The van der Waals surface area contributed by atoms with Crippen LogP contribution in [0.4, 0.5) is 10.2 Å². The van der Waals surface area contributed by atoms with Crippen LogP contribution in [-0.2, 0) is 6.54 Å². The van der Waals surface area contributed by atoms with Gasteiger partial charge in [0.05, 0.1) is 11.1 Å². The van der Waals surface area contributed by atoms with Crippen molar-refractivity contribution in [3.05, 3.63) is 69.8 Å². The van der Waals surface area contributed by atoms with E-state index in [9.17, 15) is 14.3 Å². The van der Waals surface area contributed by atoms with E-state index in [1.165, 1.54) is 23.6 Å². The first-order valence-corrected chi connectivity index (χ1v) is 8.97. The summed E-state index contributed by atoms with van der Waals surface area (Å²) < 4.78 is 16.8. The number of thiazole rings is 1. The molecular formula is C17H12ClFN5O2S+. The highest BCUT2D eigenvalue weighted by molar-refractivity contribution is 7.15. The molecule has 0 aromatic carbocycles. The Bertz CT molecular complexity index is 1160. The van der Waals surface area contributed by atoms with Gasteiger partial charge in [-0.05, 0) is 12.1 Å². The third-order valence-corrected chi connectivity index (χ3v) is 4.94. The van der Waals surface area contributed by atoms with Crippen molar-refractivity contribution in [2.75, 3.05) is 5.32 Å². The minimum atomic E-state index is -0.618. The molecule has 1 amide bonds. The van der Waals surface area contributed by atoms with Crippen LogP contribution in [0.25, 0.3) is 5.65 Å². The quantitative estimate of drug-likeness (QED) is 0.512. The molecular weight excluding hydrogens is 393 g/mol. The summed E-state index contributed by atoms with van der Waals surface area (Å²) >= 11 is 7.15. The van der Waals surface area contributed by atoms with Crippen LogP contribution in [0.5, 0.6) is 5.88 Å². The molecule has 4 rings (SSSR count). The van der Waals surface area contributed by atoms with Crippen LogP contribution in [0.3, 0.4) is 0 Å². The highest BCUT2D eigenvalue weighted by atomic mass is 35.5. The molecule has 0 fully saturated rings. The first-order valence-electron chi connectivity index (χ1n) is 7.78. The Morgan fingerprint density at radius 2 is 2.22 bits per heavy atom. The molecule has 10 heteroatoms. The van der Waals surface area contributed by atoms with Gasteiger partial charge in [0.2, 0.25) is 0 Å². The number of hydrogen-bond acceptors (Lipinski definition) is 5. The molecule has 4 aromatic heterocycles. The second kappa shape index (κ2) is 6.93. The Hall–Kier alpha value is -3.04. The summed E-state index contributed by atoms with van der Waals surface area (Å²) in [5, 5.41) is 13.2. The van der Waals surface area contributed by atoms with Crippen LogP contribution in [-0.4, -0.2) is 25.4 Å². The smallest absolute Gasteiger partial charge is 0.337 e. The lowest BCUT2D eigenvalue weighted by Crippen LogP contribution is -2.33. The number of carbonyl (C=O) groups is 1. The molecule has 0 saturated carbocycles. The summed E-state index contributed by atoms with van der Waals surface area (Å²) in [7, 11) is 0. The molecule has 0 aliphatic heterocycles. The van der Waals surface area contributed by atoms with Crippen molar-refractivity contribution >= 4 is 40.3 Å². The highest BCUT2D eigenvalue weighted by Gasteiger charge is 2.31. The minimum absolute atomic E-state index is 0.00673. The summed E-state index contributed by atoms with van der Waals surface area (Å²) in [5.41, 5.74) is 0.601. The first kappa shape index (κ1) is 17.4. The van der Waals surface area contributed by atoms with Gasteiger partial charge < -0.3 is 10.4 Å². The van der Waals surface area contributed by atoms with Crippen LogP contribution < -0.4 is 9.88 Å². The summed E-state index contributed by atoms with van der Waals surface area (Å²) in [4.78, 5) is 21.4. The van der Waals surface area contributed by atoms with Crippen molar-refractivity contribution in [2.24, 2.45) is 0 Å². The average Bonchev–Trinajstić information content (AvgIpc) is 3.17. The number of hydrogen-bond donors (Lipinski definition) is 2. The van der Waals surface area contributed by atoms with Gasteiger partial charge in [0.1, 0.15) is 18.2 Å². The van der Waals surface area contributed by atoms with Crippen molar-refractivity contribution in [1.82, 2.24) is 14.4 Å². The third-order valence-electron chi connectivity index (χ3n) is 3.84. The number of halogens is 2. The van der Waals surface area contributed by atoms with E-state index >= 15 is 0 Å². The molecule has 0 saturated heterocycles. The van der Waals surface area contributed by atoms with Gasteiger partial charge in [0, 0.05) is 24.5 Å². The molecule has 136 valence electrons. The molecule has 0 unspecified atom stereocenters. The number of aromatic hydroxyl groups is 1. The van der Waals surface area contributed by atoms with E-state index in [0.717, 1.165) is 10.9 Å².